The van der Waals surface area contributed by atoms with Crippen LogP contribution in [-0.4, -0.2) is 75.5 Å². The summed E-state index contributed by atoms with van der Waals surface area (Å²) in [7, 11) is 0. The van der Waals surface area contributed by atoms with Gasteiger partial charge in [-0.15, -0.1) is 0 Å². The molecule has 44 heavy (non-hydrogen) atoms. The summed E-state index contributed by atoms with van der Waals surface area (Å²) in [6, 6.07) is 8.02. The highest BCUT2D eigenvalue weighted by Crippen LogP contribution is 2.36. The second-order valence-electron chi connectivity index (χ2n) is 10.8. The average molecular weight is 631 g/mol. The third-order valence-corrected chi connectivity index (χ3v) is 7.99. The number of alkyl halides is 2. The molecule has 1 aromatic carbocycles. The van der Waals surface area contributed by atoms with Crippen molar-refractivity contribution in [2.24, 2.45) is 0 Å². The van der Waals surface area contributed by atoms with Crippen molar-refractivity contribution in [1.82, 2.24) is 30.3 Å². The highest BCUT2D eigenvalue weighted by molar-refractivity contribution is 6.30. The lowest BCUT2D eigenvalue weighted by molar-refractivity contribution is -0.119. The van der Waals surface area contributed by atoms with Gasteiger partial charge in [-0.3, -0.25) is 9.59 Å². The molecule has 0 bridgehead atoms. The molecule has 12 nitrogen and oxygen atoms in total. The number of benzene rings is 1. The topological polar surface area (TPSA) is 137 Å². The van der Waals surface area contributed by atoms with Crippen molar-refractivity contribution >= 4 is 29.5 Å². The maximum absolute atomic E-state index is 13.6. The zero-order valence-corrected chi connectivity index (χ0v) is 24.1. The van der Waals surface area contributed by atoms with Crippen molar-refractivity contribution in [2.45, 2.75) is 57.0 Å². The number of fused-ring (bicyclic) bond motifs is 1. The first kappa shape index (κ1) is 29.6. The zero-order chi connectivity index (χ0) is 30.8. The first-order valence-corrected chi connectivity index (χ1v) is 14.5. The number of hydrogen-bond acceptors (Lipinski definition) is 8. The third kappa shape index (κ3) is 6.54. The summed E-state index contributed by atoms with van der Waals surface area (Å²) in [6.45, 7) is -1.99. The minimum Gasteiger partial charge on any atom is -0.488 e. The van der Waals surface area contributed by atoms with E-state index in [0.717, 1.165) is 11.8 Å². The maximum Gasteiger partial charge on any atom is 0.410 e. The van der Waals surface area contributed by atoms with E-state index in [1.807, 2.05) is 0 Å². The Balaban J connectivity index is 1.33. The SMILES string of the molecule is O=C1CC[C@@H](COc2nc(-c3cnn(C(F)F)c3)c(O[C@H]3CCN4C(=O)OC[C@@H]4C3)cc2C(=O)NCc2ccc(Cl)cc2)N1. The first-order chi connectivity index (χ1) is 21.2. The number of carbonyl (C=O) groups excluding carboxylic acids is 3. The molecular formula is C29H29ClF2N6O6. The van der Waals surface area contributed by atoms with Crippen LogP contribution in [0, 0.1) is 0 Å². The summed E-state index contributed by atoms with van der Waals surface area (Å²) in [5, 5.41) is 9.96. The average Bonchev–Trinajstić information content (AvgIpc) is 3.76. The molecule has 3 aromatic rings. The molecule has 5 heterocycles. The third-order valence-electron chi connectivity index (χ3n) is 7.74. The van der Waals surface area contributed by atoms with Gasteiger partial charge in [0.1, 0.15) is 36.3 Å². The van der Waals surface area contributed by atoms with Gasteiger partial charge in [-0.1, -0.05) is 23.7 Å². The Labute approximate surface area is 255 Å². The molecule has 3 saturated heterocycles. The van der Waals surface area contributed by atoms with Crippen LogP contribution in [0.4, 0.5) is 13.6 Å². The van der Waals surface area contributed by atoms with Gasteiger partial charge in [0.05, 0.1) is 18.3 Å². The van der Waals surface area contributed by atoms with Crippen molar-refractivity contribution in [3.8, 4) is 22.9 Å². The number of piperidine rings is 1. The smallest absolute Gasteiger partial charge is 0.410 e. The van der Waals surface area contributed by atoms with Crippen LogP contribution in [0.2, 0.25) is 5.02 Å². The maximum atomic E-state index is 13.6. The molecule has 2 N–H and O–H groups in total. The van der Waals surface area contributed by atoms with Crippen LogP contribution in [-0.2, 0) is 16.1 Å². The van der Waals surface area contributed by atoms with Gasteiger partial charge in [0.25, 0.3) is 5.91 Å². The number of carbonyl (C=O) groups is 3. The molecule has 232 valence electrons. The molecule has 3 aliphatic heterocycles. The summed E-state index contributed by atoms with van der Waals surface area (Å²) in [5.41, 5.74) is 1.24. The summed E-state index contributed by atoms with van der Waals surface area (Å²) in [4.78, 5) is 43.5. The number of pyridine rings is 1. The second-order valence-corrected chi connectivity index (χ2v) is 11.2. The van der Waals surface area contributed by atoms with E-state index in [0.29, 0.717) is 41.9 Å². The fourth-order valence-electron chi connectivity index (χ4n) is 5.43. The summed E-state index contributed by atoms with van der Waals surface area (Å²) in [5.74, 6) is -0.504. The van der Waals surface area contributed by atoms with Crippen LogP contribution in [0.15, 0.2) is 42.7 Å². The van der Waals surface area contributed by atoms with Crippen LogP contribution in [0.1, 0.15) is 48.2 Å². The van der Waals surface area contributed by atoms with E-state index >= 15 is 0 Å². The quantitative estimate of drug-likeness (QED) is 0.344. The molecule has 0 spiro atoms. The molecule has 0 radical (unpaired) electrons. The Morgan fingerprint density at radius 3 is 2.77 bits per heavy atom. The van der Waals surface area contributed by atoms with E-state index in [4.69, 9.17) is 25.8 Å². The number of halogens is 3. The zero-order valence-electron chi connectivity index (χ0n) is 23.4. The van der Waals surface area contributed by atoms with Gasteiger partial charge < -0.3 is 29.7 Å². The van der Waals surface area contributed by atoms with Crippen LogP contribution in [0.3, 0.4) is 0 Å². The number of hydrogen-bond donors (Lipinski definition) is 2. The lowest BCUT2D eigenvalue weighted by atomic mass is 10.0. The molecule has 3 aliphatic rings. The molecular weight excluding hydrogens is 602 g/mol. The lowest BCUT2D eigenvalue weighted by Gasteiger charge is -2.33. The number of nitrogens with zero attached hydrogens (tertiary/aromatic N) is 4. The summed E-state index contributed by atoms with van der Waals surface area (Å²) in [6.07, 6.45) is 3.49. The van der Waals surface area contributed by atoms with Crippen molar-refractivity contribution in [3.05, 3.63) is 58.9 Å². The molecule has 0 saturated carbocycles. The molecule has 0 aliphatic carbocycles. The first-order valence-electron chi connectivity index (χ1n) is 14.2. The molecule has 3 fully saturated rings. The van der Waals surface area contributed by atoms with Gasteiger partial charge in [0, 0.05) is 55.2 Å². The van der Waals surface area contributed by atoms with E-state index in [1.165, 1.54) is 12.3 Å². The number of amides is 3. The number of aromatic nitrogens is 3. The van der Waals surface area contributed by atoms with Crippen LogP contribution < -0.4 is 20.1 Å². The van der Waals surface area contributed by atoms with Gasteiger partial charge in [0.15, 0.2) is 0 Å². The summed E-state index contributed by atoms with van der Waals surface area (Å²) < 4.78 is 44.9. The standard InChI is InChI=1S/C29H29ClF2N6O6/c30-18-3-1-16(2-4-18)11-33-26(40)22-10-23(44-21-7-8-37-20(9-21)15-43-29(37)41)25(17-12-34-38(13-17)28(31)32)36-27(22)42-14-19-5-6-24(39)35-19/h1-4,10,12-13,19-21,28H,5-9,11,14-15H2,(H,33,40)(H,35,39)/t19-,20-,21-/m0/s1. The fourth-order valence-corrected chi connectivity index (χ4v) is 5.55. The van der Waals surface area contributed by atoms with E-state index < -0.39 is 12.5 Å². The van der Waals surface area contributed by atoms with Crippen molar-refractivity contribution in [2.75, 3.05) is 19.8 Å². The van der Waals surface area contributed by atoms with E-state index in [1.54, 1.807) is 29.2 Å². The second kappa shape index (κ2) is 12.6. The van der Waals surface area contributed by atoms with Gasteiger partial charge >= 0.3 is 12.6 Å². The Bertz CT molecular complexity index is 1550. The molecule has 15 heteroatoms. The number of nitrogens with one attached hydrogen (secondary N) is 2. The highest BCUT2D eigenvalue weighted by Gasteiger charge is 2.39. The van der Waals surface area contributed by atoms with Crippen molar-refractivity contribution in [1.29, 1.82) is 0 Å². The van der Waals surface area contributed by atoms with E-state index in [-0.39, 0.29) is 78.4 Å². The minimum atomic E-state index is -2.88. The molecule has 3 atom stereocenters. The lowest BCUT2D eigenvalue weighted by Crippen LogP contribution is -2.44. The Hall–Kier alpha value is -4.46. The summed E-state index contributed by atoms with van der Waals surface area (Å²) >= 11 is 5.98. The van der Waals surface area contributed by atoms with E-state index in [2.05, 4.69) is 20.7 Å². The monoisotopic (exact) mass is 630 g/mol. The number of cyclic esters (lactones) is 1. The molecule has 6 rings (SSSR count). The largest absolute Gasteiger partial charge is 0.488 e. The van der Waals surface area contributed by atoms with Gasteiger partial charge in [0.2, 0.25) is 11.8 Å². The predicted octanol–water partition coefficient (Wildman–Crippen LogP) is 3.94. The normalized spacial score (nSPS) is 21.2. The molecule has 0 unspecified atom stereocenters. The van der Waals surface area contributed by atoms with Gasteiger partial charge in [-0.25, -0.2) is 14.5 Å². The highest BCUT2D eigenvalue weighted by atomic mass is 35.5. The van der Waals surface area contributed by atoms with Crippen LogP contribution >= 0.6 is 11.6 Å². The predicted molar refractivity (Wildman–Crippen MR) is 151 cm³/mol. The Morgan fingerprint density at radius 1 is 1.23 bits per heavy atom. The number of ether oxygens (including phenoxy) is 3. The van der Waals surface area contributed by atoms with Crippen LogP contribution in [0.5, 0.6) is 11.6 Å². The molecule has 3 amide bonds. The Morgan fingerprint density at radius 2 is 2.05 bits per heavy atom. The van der Waals surface area contributed by atoms with Crippen LogP contribution in [0.25, 0.3) is 11.3 Å². The fraction of sp³-hybridized carbons (Fsp3) is 0.414. The van der Waals surface area contributed by atoms with Gasteiger partial charge in [-0.05, 0) is 24.1 Å². The Kier molecular flexibility index (Phi) is 8.51. The van der Waals surface area contributed by atoms with Crippen molar-refractivity contribution in [3.63, 3.8) is 0 Å². The van der Waals surface area contributed by atoms with Gasteiger partial charge in [-0.2, -0.15) is 13.9 Å². The number of rotatable bonds is 10. The minimum absolute atomic E-state index is 0.0420. The molecule has 2 aromatic heterocycles. The van der Waals surface area contributed by atoms with E-state index in [9.17, 15) is 23.2 Å². The van der Waals surface area contributed by atoms with Crippen molar-refractivity contribution < 1.29 is 37.4 Å².